The zero-order valence-corrected chi connectivity index (χ0v) is 8.80. The predicted octanol–water partition coefficient (Wildman–Crippen LogP) is 1.77. The van der Waals surface area contributed by atoms with E-state index < -0.39 is 23.3 Å². The van der Waals surface area contributed by atoms with Crippen LogP contribution >= 0.6 is 11.6 Å². The molecule has 0 saturated heterocycles. The predicted molar refractivity (Wildman–Crippen MR) is 52.7 cm³/mol. The van der Waals surface area contributed by atoms with E-state index in [4.69, 9.17) is 11.6 Å². The average Bonchev–Trinajstić information content (AvgIpc) is 2.16. The number of rotatable bonds is 3. The summed E-state index contributed by atoms with van der Waals surface area (Å²) in [4.78, 5) is 0. The first-order chi connectivity index (χ1) is 6.91. The van der Waals surface area contributed by atoms with Gasteiger partial charge in [0.25, 0.3) is 0 Å². The van der Waals surface area contributed by atoms with Gasteiger partial charge in [0.1, 0.15) is 17.2 Å². The summed E-state index contributed by atoms with van der Waals surface area (Å²) < 4.78 is 25.9. The lowest BCUT2D eigenvalue weighted by molar-refractivity contribution is -0.0563. The van der Waals surface area contributed by atoms with E-state index in [1.165, 1.54) is 6.92 Å². The van der Waals surface area contributed by atoms with E-state index in [9.17, 15) is 19.0 Å². The second-order valence-electron chi connectivity index (χ2n) is 3.36. The maximum atomic E-state index is 13.3. The van der Waals surface area contributed by atoms with E-state index >= 15 is 0 Å². The Kier molecular flexibility index (Phi) is 3.65. The molecule has 15 heavy (non-hydrogen) atoms. The number of halogens is 3. The van der Waals surface area contributed by atoms with Crippen LogP contribution in [0.25, 0.3) is 0 Å². The van der Waals surface area contributed by atoms with Gasteiger partial charge in [-0.1, -0.05) is 6.07 Å². The highest BCUT2D eigenvalue weighted by Crippen LogP contribution is 2.29. The van der Waals surface area contributed by atoms with Crippen LogP contribution in [0, 0.1) is 11.6 Å². The van der Waals surface area contributed by atoms with Crippen LogP contribution in [0.5, 0.6) is 0 Å². The van der Waals surface area contributed by atoms with Gasteiger partial charge in [0.15, 0.2) is 0 Å². The van der Waals surface area contributed by atoms with Gasteiger partial charge in [0, 0.05) is 11.6 Å². The van der Waals surface area contributed by atoms with Crippen LogP contribution in [0.4, 0.5) is 8.78 Å². The van der Waals surface area contributed by atoms with E-state index in [1.807, 2.05) is 0 Å². The average molecular weight is 237 g/mol. The molecule has 2 atom stereocenters. The Labute approximate surface area is 91.1 Å². The van der Waals surface area contributed by atoms with Gasteiger partial charge in [-0.05, 0) is 13.0 Å². The fraction of sp³-hybridized carbons (Fsp3) is 0.400. The molecule has 0 aliphatic heterocycles. The smallest absolute Gasteiger partial charge is 0.132 e. The molecule has 0 saturated carbocycles. The zero-order valence-electron chi connectivity index (χ0n) is 8.04. The summed E-state index contributed by atoms with van der Waals surface area (Å²) in [5.74, 6) is -2.06. The van der Waals surface area contributed by atoms with Crippen LogP contribution in [0.15, 0.2) is 18.2 Å². The van der Waals surface area contributed by atoms with Gasteiger partial charge in [0.05, 0.1) is 12.0 Å². The van der Waals surface area contributed by atoms with Crippen molar-refractivity contribution in [1.82, 2.24) is 0 Å². The van der Waals surface area contributed by atoms with E-state index in [0.29, 0.717) is 6.07 Å². The molecule has 2 nitrogen and oxygen atoms in total. The molecule has 0 amide bonds. The van der Waals surface area contributed by atoms with Gasteiger partial charge in [-0.15, -0.1) is 11.6 Å². The zero-order chi connectivity index (χ0) is 11.6. The molecule has 0 aromatic heterocycles. The molecule has 1 rings (SSSR count). The third kappa shape index (κ3) is 2.27. The van der Waals surface area contributed by atoms with E-state index in [0.717, 1.165) is 12.1 Å². The third-order valence-corrected chi connectivity index (χ3v) is 2.70. The lowest BCUT2D eigenvalue weighted by atomic mass is 9.90. The van der Waals surface area contributed by atoms with Crippen molar-refractivity contribution in [3.05, 3.63) is 35.4 Å². The highest BCUT2D eigenvalue weighted by molar-refractivity contribution is 6.18. The number of aliphatic hydroxyl groups excluding tert-OH is 1. The Morgan fingerprint density at radius 1 is 1.47 bits per heavy atom. The normalized spacial score (nSPS) is 17.2. The van der Waals surface area contributed by atoms with Crippen LogP contribution in [0.3, 0.4) is 0 Å². The number of alkyl halides is 1. The first kappa shape index (κ1) is 12.4. The quantitative estimate of drug-likeness (QED) is 0.786. The van der Waals surface area contributed by atoms with Crippen molar-refractivity contribution >= 4 is 11.6 Å². The minimum Gasteiger partial charge on any atom is -0.390 e. The van der Waals surface area contributed by atoms with Gasteiger partial charge >= 0.3 is 0 Å². The van der Waals surface area contributed by atoms with E-state index in [1.54, 1.807) is 0 Å². The number of hydrogen-bond donors (Lipinski definition) is 2. The lowest BCUT2D eigenvalue weighted by Crippen LogP contribution is -2.40. The monoisotopic (exact) mass is 236 g/mol. The maximum Gasteiger partial charge on any atom is 0.132 e. The summed E-state index contributed by atoms with van der Waals surface area (Å²) in [5, 5.41) is 19.2. The molecule has 1 aromatic carbocycles. The molecule has 1 aromatic rings. The highest BCUT2D eigenvalue weighted by atomic mass is 35.5. The largest absolute Gasteiger partial charge is 0.390 e. The van der Waals surface area contributed by atoms with E-state index in [-0.39, 0.29) is 11.4 Å². The van der Waals surface area contributed by atoms with Gasteiger partial charge < -0.3 is 10.2 Å². The minimum atomic E-state index is -1.90. The molecule has 0 spiro atoms. The minimum absolute atomic E-state index is 0.214. The molecule has 0 aliphatic rings. The van der Waals surface area contributed by atoms with E-state index in [2.05, 4.69) is 0 Å². The molecular formula is C10H11ClF2O2. The van der Waals surface area contributed by atoms with Gasteiger partial charge in [-0.25, -0.2) is 8.78 Å². The van der Waals surface area contributed by atoms with Crippen LogP contribution in [-0.2, 0) is 5.60 Å². The molecule has 0 radical (unpaired) electrons. The van der Waals surface area contributed by atoms with Crippen molar-refractivity contribution in [1.29, 1.82) is 0 Å². The Morgan fingerprint density at radius 2 is 2.07 bits per heavy atom. The van der Waals surface area contributed by atoms with Crippen molar-refractivity contribution in [3.8, 4) is 0 Å². The molecule has 0 heterocycles. The summed E-state index contributed by atoms with van der Waals surface area (Å²) >= 11 is 5.48. The van der Waals surface area contributed by atoms with Crippen molar-refractivity contribution in [3.63, 3.8) is 0 Å². The molecule has 0 unspecified atom stereocenters. The fourth-order valence-corrected chi connectivity index (χ4v) is 1.62. The summed E-state index contributed by atoms with van der Waals surface area (Å²) in [6, 6.07) is 2.70. The molecule has 0 bridgehead atoms. The Morgan fingerprint density at radius 3 is 2.47 bits per heavy atom. The summed E-state index contributed by atoms with van der Waals surface area (Å²) in [6.45, 7) is 1.28. The molecule has 2 N–H and O–H groups in total. The number of aliphatic hydroxyl groups is 2. The Balaban J connectivity index is 3.24. The summed E-state index contributed by atoms with van der Waals surface area (Å²) in [7, 11) is 0. The second-order valence-corrected chi connectivity index (χ2v) is 3.63. The van der Waals surface area contributed by atoms with Crippen molar-refractivity contribution in [2.24, 2.45) is 0 Å². The van der Waals surface area contributed by atoms with Crippen molar-refractivity contribution in [2.75, 3.05) is 5.88 Å². The van der Waals surface area contributed by atoms with Crippen LogP contribution in [0.1, 0.15) is 12.5 Å². The van der Waals surface area contributed by atoms with Gasteiger partial charge in [-0.3, -0.25) is 0 Å². The maximum absolute atomic E-state index is 13.3. The molecule has 0 aliphatic carbocycles. The second kappa shape index (κ2) is 4.43. The van der Waals surface area contributed by atoms with Crippen LogP contribution < -0.4 is 0 Å². The first-order valence-electron chi connectivity index (χ1n) is 4.33. The molecule has 84 valence electrons. The number of hydrogen-bond acceptors (Lipinski definition) is 2. The summed E-state index contributed by atoms with van der Waals surface area (Å²) in [5.41, 5.74) is -2.12. The Bertz CT molecular complexity index is 357. The van der Waals surface area contributed by atoms with Gasteiger partial charge in [0.2, 0.25) is 0 Å². The van der Waals surface area contributed by atoms with Crippen molar-refractivity contribution in [2.45, 2.75) is 18.6 Å². The van der Waals surface area contributed by atoms with Crippen molar-refractivity contribution < 1.29 is 19.0 Å². The van der Waals surface area contributed by atoms with Crippen LogP contribution in [0.2, 0.25) is 0 Å². The number of benzene rings is 1. The highest BCUT2D eigenvalue weighted by Gasteiger charge is 2.36. The standard InChI is InChI=1S/C10H11ClF2O2/c1-6(14)10(15,5-11)8-3-2-7(12)4-9(8)13/h2-4,6,14-15H,5H2,1H3/t6-,10-/m0/s1. The molecule has 5 heteroatoms. The SMILES string of the molecule is C[C@H](O)[C@@](O)(CCl)c1ccc(F)cc1F. The first-order valence-corrected chi connectivity index (χ1v) is 4.87. The summed E-state index contributed by atoms with van der Waals surface area (Å²) in [6.07, 6.45) is -1.25. The Hall–Kier alpha value is -0.710. The van der Waals surface area contributed by atoms with Crippen LogP contribution in [-0.4, -0.2) is 22.2 Å². The third-order valence-electron chi connectivity index (χ3n) is 2.29. The fourth-order valence-electron chi connectivity index (χ4n) is 1.25. The van der Waals surface area contributed by atoms with Gasteiger partial charge in [-0.2, -0.15) is 0 Å². The molecular weight excluding hydrogens is 226 g/mol. The topological polar surface area (TPSA) is 40.5 Å². The lowest BCUT2D eigenvalue weighted by Gasteiger charge is -2.29. The molecule has 0 fully saturated rings.